The lowest BCUT2D eigenvalue weighted by atomic mass is 9.99. The first-order valence-corrected chi connectivity index (χ1v) is 6.27. The lowest BCUT2D eigenvalue weighted by molar-refractivity contribution is 0.0120. The van der Waals surface area contributed by atoms with Crippen LogP contribution in [0.15, 0.2) is 43.0 Å². The maximum Gasteiger partial charge on any atom is 0.105 e. The molecule has 0 spiro atoms. The summed E-state index contributed by atoms with van der Waals surface area (Å²) in [5.41, 5.74) is 0.783. The molecule has 94 valence electrons. The van der Waals surface area contributed by atoms with E-state index in [4.69, 9.17) is 0 Å². The Bertz CT molecular complexity index is 308. The van der Waals surface area contributed by atoms with Crippen LogP contribution in [-0.2, 0) is 0 Å². The van der Waals surface area contributed by atoms with Crippen molar-refractivity contribution in [3.05, 3.63) is 48.6 Å². The van der Waals surface area contributed by atoms with E-state index >= 15 is 0 Å². The summed E-state index contributed by atoms with van der Waals surface area (Å²) in [6, 6.07) is 9.32. The molecule has 2 atom stereocenters. The van der Waals surface area contributed by atoms with Crippen molar-refractivity contribution in [1.29, 1.82) is 0 Å². The highest BCUT2D eigenvalue weighted by Crippen LogP contribution is 2.20. The van der Waals surface area contributed by atoms with Crippen LogP contribution in [0.4, 0.5) is 0 Å². The van der Waals surface area contributed by atoms with E-state index in [0.29, 0.717) is 6.42 Å². The van der Waals surface area contributed by atoms with Crippen LogP contribution in [0, 0.1) is 0 Å². The molecule has 1 rings (SSSR count). The summed E-state index contributed by atoms with van der Waals surface area (Å²) in [6.07, 6.45) is 5.28. The summed E-state index contributed by atoms with van der Waals surface area (Å²) in [6.45, 7) is 3.67. The molecule has 0 saturated heterocycles. The number of allylic oxidation sites excluding steroid dienone is 1. The number of aliphatic hydroxyl groups is 2. The maximum atomic E-state index is 9.93. The molecular weight excluding hydrogens is 212 g/mol. The van der Waals surface area contributed by atoms with Gasteiger partial charge >= 0.3 is 0 Å². The molecule has 2 nitrogen and oxygen atoms in total. The zero-order valence-electron chi connectivity index (χ0n) is 10.3. The topological polar surface area (TPSA) is 40.5 Å². The van der Waals surface area contributed by atoms with E-state index < -0.39 is 12.2 Å². The Morgan fingerprint density at radius 3 is 2.41 bits per heavy atom. The molecule has 0 aliphatic carbocycles. The quantitative estimate of drug-likeness (QED) is 0.535. The lowest BCUT2D eigenvalue weighted by Gasteiger charge is -2.17. The van der Waals surface area contributed by atoms with Crippen LogP contribution < -0.4 is 0 Å². The largest absolute Gasteiger partial charge is 0.390 e. The first-order chi connectivity index (χ1) is 8.25. The number of hydrogen-bond acceptors (Lipinski definition) is 2. The molecular formula is C15H22O2. The van der Waals surface area contributed by atoms with Crippen LogP contribution in [0.5, 0.6) is 0 Å². The van der Waals surface area contributed by atoms with Gasteiger partial charge in [-0.2, -0.15) is 0 Å². The molecule has 2 N–H and O–H groups in total. The fourth-order valence-electron chi connectivity index (χ4n) is 1.85. The first-order valence-electron chi connectivity index (χ1n) is 6.27. The summed E-state index contributed by atoms with van der Waals surface area (Å²) >= 11 is 0. The van der Waals surface area contributed by atoms with Gasteiger partial charge < -0.3 is 10.2 Å². The highest BCUT2D eigenvalue weighted by Gasteiger charge is 2.17. The van der Waals surface area contributed by atoms with E-state index in [2.05, 4.69) is 6.58 Å². The number of rotatable bonds is 8. The zero-order valence-corrected chi connectivity index (χ0v) is 10.3. The van der Waals surface area contributed by atoms with Crippen molar-refractivity contribution in [2.24, 2.45) is 0 Å². The summed E-state index contributed by atoms with van der Waals surface area (Å²) < 4.78 is 0. The normalized spacial score (nSPS) is 14.2. The van der Waals surface area contributed by atoms with Crippen LogP contribution in [0.2, 0.25) is 0 Å². The van der Waals surface area contributed by atoms with Gasteiger partial charge in [0.15, 0.2) is 0 Å². The third kappa shape index (κ3) is 5.16. The average Bonchev–Trinajstić information content (AvgIpc) is 2.38. The fraction of sp³-hybridized carbons (Fsp3) is 0.467. The van der Waals surface area contributed by atoms with Gasteiger partial charge in [-0.15, -0.1) is 6.58 Å². The highest BCUT2D eigenvalue weighted by molar-refractivity contribution is 5.18. The maximum absolute atomic E-state index is 9.93. The van der Waals surface area contributed by atoms with Crippen molar-refractivity contribution < 1.29 is 10.2 Å². The minimum atomic E-state index is -0.768. The molecule has 0 amide bonds. The van der Waals surface area contributed by atoms with Gasteiger partial charge in [-0.1, -0.05) is 49.2 Å². The Morgan fingerprint density at radius 1 is 1.06 bits per heavy atom. The van der Waals surface area contributed by atoms with E-state index in [1.807, 2.05) is 36.4 Å². The second kappa shape index (κ2) is 8.04. The molecule has 0 aromatic heterocycles. The zero-order chi connectivity index (χ0) is 12.5. The third-order valence-electron chi connectivity index (χ3n) is 2.91. The van der Waals surface area contributed by atoms with E-state index in [1.54, 1.807) is 0 Å². The molecule has 0 fully saturated rings. The first kappa shape index (κ1) is 13.9. The SMILES string of the molecule is C=CCCCCCC(O)C(O)c1ccccc1. The molecule has 1 aromatic rings. The summed E-state index contributed by atoms with van der Waals surface area (Å²) in [4.78, 5) is 0. The van der Waals surface area contributed by atoms with Crippen molar-refractivity contribution in [2.45, 2.75) is 44.3 Å². The number of aliphatic hydroxyl groups excluding tert-OH is 2. The van der Waals surface area contributed by atoms with Crippen molar-refractivity contribution >= 4 is 0 Å². The van der Waals surface area contributed by atoms with Gasteiger partial charge in [-0.05, 0) is 24.8 Å². The van der Waals surface area contributed by atoms with Crippen molar-refractivity contribution in [1.82, 2.24) is 0 Å². The Morgan fingerprint density at radius 2 is 1.76 bits per heavy atom. The van der Waals surface area contributed by atoms with Gasteiger partial charge in [0.2, 0.25) is 0 Å². The van der Waals surface area contributed by atoms with Gasteiger partial charge in [0.1, 0.15) is 6.10 Å². The average molecular weight is 234 g/mol. The number of benzene rings is 1. The van der Waals surface area contributed by atoms with Gasteiger partial charge in [0.25, 0.3) is 0 Å². The van der Waals surface area contributed by atoms with E-state index in [1.165, 1.54) is 0 Å². The molecule has 1 aromatic carbocycles. The van der Waals surface area contributed by atoms with Gasteiger partial charge in [-0.3, -0.25) is 0 Å². The highest BCUT2D eigenvalue weighted by atomic mass is 16.3. The standard InChI is InChI=1S/C15H22O2/c1-2-3-4-5-9-12-14(16)15(17)13-10-7-6-8-11-13/h2,6-8,10-11,14-17H,1,3-5,9,12H2. The van der Waals surface area contributed by atoms with Gasteiger partial charge in [0, 0.05) is 0 Å². The third-order valence-corrected chi connectivity index (χ3v) is 2.91. The van der Waals surface area contributed by atoms with Gasteiger partial charge in [0.05, 0.1) is 6.10 Å². The molecule has 17 heavy (non-hydrogen) atoms. The summed E-state index contributed by atoms with van der Waals surface area (Å²) in [7, 11) is 0. The second-order valence-electron chi connectivity index (χ2n) is 4.35. The molecule has 2 unspecified atom stereocenters. The number of hydrogen-bond donors (Lipinski definition) is 2. The van der Waals surface area contributed by atoms with Crippen molar-refractivity contribution in [2.75, 3.05) is 0 Å². The van der Waals surface area contributed by atoms with Crippen LogP contribution >= 0.6 is 0 Å². The Hall–Kier alpha value is -1.12. The predicted molar refractivity (Wildman–Crippen MR) is 70.7 cm³/mol. The smallest absolute Gasteiger partial charge is 0.105 e. The molecule has 0 heterocycles. The van der Waals surface area contributed by atoms with Crippen LogP contribution in [0.1, 0.15) is 43.8 Å². The predicted octanol–water partition coefficient (Wildman–Crippen LogP) is 3.22. The van der Waals surface area contributed by atoms with Gasteiger partial charge in [-0.25, -0.2) is 0 Å². The van der Waals surface area contributed by atoms with Crippen LogP contribution in [0.25, 0.3) is 0 Å². The summed E-state index contributed by atoms with van der Waals surface area (Å²) in [5.74, 6) is 0. The van der Waals surface area contributed by atoms with Crippen LogP contribution in [0.3, 0.4) is 0 Å². The molecule has 0 aliphatic heterocycles. The van der Waals surface area contributed by atoms with E-state index in [0.717, 1.165) is 31.2 Å². The fourth-order valence-corrected chi connectivity index (χ4v) is 1.85. The minimum absolute atomic E-state index is 0.646. The minimum Gasteiger partial charge on any atom is -0.390 e. The van der Waals surface area contributed by atoms with Crippen molar-refractivity contribution in [3.63, 3.8) is 0 Å². The molecule has 0 radical (unpaired) electrons. The Labute approximate surface area is 104 Å². The Balaban J connectivity index is 2.27. The molecule has 0 bridgehead atoms. The molecule has 2 heteroatoms. The monoisotopic (exact) mass is 234 g/mol. The van der Waals surface area contributed by atoms with E-state index in [-0.39, 0.29) is 0 Å². The summed E-state index contributed by atoms with van der Waals surface area (Å²) in [5, 5.41) is 19.8. The molecule has 0 saturated carbocycles. The van der Waals surface area contributed by atoms with E-state index in [9.17, 15) is 10.2 Å². The van der Waals surface area contributed by atoms with Crippen molar-refractivity contribution in [3.8, 4) is 0 Å². The van der Waals surface area contributed by atoms with Crippen LogP contribution in [-0.4, -0.2) is 16.3 Å². The number of unbranched alkanes of at least 4 members (excludes halogenated alkanes) is 3. The Kier molecular flexibility index (Phi) is 6.60. The molecule has 0 aliphatic rings. The lowest BCUT2D eigenvalue weighted by Crippen LogP contribution is -2.17. The second-order valence-corrected chi connectivity index (χ2v) is 4.35.